The summed E-state index contributed by atoms with van der Waals surface area (Å²) in [5.41, 5.74) is 4.34. The maximum atomic E-state index is 12.7. The molecule has 0 spiro atoms. The molecule has 1 atom stereocenters. The van der Waals surface area contributed by atoms with E-state index in [0.717, 1.165) is 41.1 Å². The molecular weight excluding hydrogens is 378 g/mol. The summed E-state index contributed by atoms with van der Waals surface area (Å²) in [5.74, 6) is 2.12. The van der Waals surface area contributed by atoms with Crippen LogP contribution < -0.4 is 14.8 Å². The minimum Gasteiger partial charge on any atom is -0.493 e. The number of nitrogens with zero attached hydrogens (tertiary/aromatic N) is 2. The molecule has 30 heavy (non-hydrogen) atoms. The van der Waals surface area contributed by atoms with Gasteiger partial charge in [0.2, 0.25) is 5.95 Å². The van der Waals surface area contributed by atoms with Crippen LogP contribution in [-0.2, 0) is 4.79 Å². The number of aromatic nitrogens is 2. The molecule has 6 heteroatoms. The number of ketones is 1. The lowest BCUT2D eigenvalue weighted by Crippen LogP contribution is -2.27. The van der Waals surface area contributed by atoms with E-state index in [0.29, 0.717) is 23.7 Å². The van der Waals surface area contributed by atoms with E-state index in [-0.39, 0.29) is 11.8 Å². The third kappa shape index (κ3) is 3.43. The van der Waals surface area contributed by atoms with Crippen molar-refractivity contribution in [2.45, 2.75) is 39.7 Å². The molecule has 0 radical (unpaired) electrons. The van der Waals surface area contributed by atoms with Crippen molar-refractivity contribution in [2.75, 3.05) is 19.0 Å². The monoisotopic (exact) mass is 405 g/mol. The van der Waals surface area contributed by atoms with Crippen molar-refractivity contribution < 1.29 is 14.3 Å². The summed E-state index contributed by atoms with van der Waals surface area (Å²) >= 11 is 0. The first kappa shape index (κ1) is 20.0. The third-order valence-corrected chi connectivity index (χ3v) is 5.47. The highest BCUT2D eigenvalue weighted by Crippen LogP contribution is 2.41. The summed E-state index contributed by atoms with van der Waals surface area (Å²) < 4.78 is 13.6. The number of benzene rings is 2. The average Bonchev–Trinajstić information content (AvgIpc) is 3.10. The summed E-state index contributed by atoms with van der Waals surface area (Å²) in [5, 5.41) is 3.31. The van der Waals surface area contributed by atoms with Gasteiger partial charge in [-0.15, -0.1) is 0 Å². The van der Waals surface area contributed by atoms with E-state index < -0.39 is 0 Å². The molecule has 1 aliphatic rings. The Hall–Kier alpha value is -3.28. The molecule has 0 amide bonds. The van der Waals surface area contributed by atoms with Gasteiger partial charge in [0.05, 0.1) is 30.8 Å². The predicted molar refractivity (Wildman–Crippen MR) is 118 cm³/mol. The number of anilines is 1. The third-order valence-electron chi connectivity index (χ3n) is 5.47. The fourth-order valence-corrected chi connectivity index (χ4v) is 4.04. The SMILES string of the molecule is CCCCOc1ccc([C@@H]2C(C(C)=O)=C(C)Nc3nc4ccccc4n32)cc1OC. The smallest absolute Gasteiger partial charge is 0.209 e. The van der Waals surface area contributed by atoms with Crippen molar-refractivity contribution in [3.05, 3.63) is 59.3 Å². The molecule has 2 aromatic carbocycles. The van der Waals surface area contributed by atoms with Crippen LogP contribution in [0.5, 0.6) is 11.5 Å². The van der Waals surface area contributed by atoms with Crippen molar-refractivity contribution in [2.24, 2.45) is 0 Å². The van der Waals surface area contributed by atoms with E-state index in [2.05, 4.69) is 16.8 Å². The van der Waals surface area contributed by atoms with Crippen LogP contribution >= 0.6 is 0 Å². The van der Waals surface area contributed by atoms with Gasteiger partial charge in [-0.2, -0.15) is 0 Å². The van der Waals surface area contributed by atoms with Gasteiger partial charge in [-0.1, -0.05) is 31.5 Å². The first-order valence-electron chi connectivity index (χ1n) is 10.3. The minimum atomic E-state index is -0.301. The number of imidazole rings is 1. The number of carbonyl (C=O) groups is 1. The minimum absolute atomic E-state index is 0.0238. The van der Waals surface area contributed by atoms with Crippen LogP contribution in [0.4, 0.5) is 5.95 Å². The number of methoxy groups -OCH3 is 1. The van der Waals surface area contributed by atoms with Crippen molar-refractivity contribution >= 4 is 22.8 Å². The Morgan fingerprint density at radius 3 is 2.73 bits per heavy atom. The maximum Gasteiger partial charge on any atom is 0.209 e. The first-order chi connectivity index (χ1) is 14.5. The van der Waals surface area contributed by atoms with Gasteiger partial charge in [-0.25, -0.2) is 4.98 Å². The number of hydrogen-bond acceptors (Lipinski definition) is 5. The molecule has 1 aromatic heterocycles. The lowest BCUT2D eigenvalue weighted by atomic mass is 9.92. The van der Waals surface area contributed by atoms with Crippen molar-refractivity contribution in [1.82, 2.24) is 9.55 Å². The Labute approximate surface area is 176 Å². The summed E-state index contributed by atoms with van der Waals surface area (Å²) in [6.45, 7) is 6.31. The largest absolute Gasteiger partial charge is 0.493 e. The standard InChI is InChI=1S/C24H27N3O3/c1-5-6-13-30-20-12-11-17(14-21(20)29-4)23-22(16(3)28)15(2)25-24-26-18-9-7-8-10-19(18)27(23)24/h7-12,14,23H,5-6,13H2,1-4H3,(H,25,26)/t23-/m1/s1. The molecule has 3 aromatic rings. The van der Waals surface area contributed by atoms with Crippen LogP contribution in [-0.4, -0.2) is 29.1 Å². The number of rotatable bonds is 7. The Morgan fingerprint density at radius 2 is 2.00 bits per heavy atom. The van der Waals surface area contributed by atoms with Crippen LogP contribution in [0.25, 0.3) is 11.0 Å². The number of ether oxygens (including phenoxy) is 2. The molecule has 2 heterocycles. The van der Waals surface area contributed by atoms with Gasteiger partial charge in [0.1, 0.15) is 0 Å². The van der Waals surface area contributed by atoms with Crippen molar-refractivity contribution in [3.8, 4) is 11.5 Å². The zero-order valence-electron chi connectivity index (χ0n) is 17.9. The highest BCUT2D eigenvalue weighted by Gasteiger charge is 2.32. The Kier molecular flexibility index (Phi) is 5.48. The van der Waals surface area contributed by atoms with Crippen molar-refractivity contribution in [3.63, 3.8) is 0 Å². The summed E-state index contributed by atoms with van der Waals surface area (Å²) in [6, 6.07) is 13.6. The van der Waals surface area contributed by atoms with Gasteiger partial charge >= 0.3 is 0 Å². The Balaban J connectivity index is 1.86. The second-order valence-corrected chi connectivity index (χ2v) is 7.53. The normalized spacial score (nSPS) is 15.7. The average molecular weight is 405 g/mol. The summed E-state index contributed by atoms with van der Waals surface area (Å²) in [6.07, 6.45) is 2.05. The second kappa shape index (κ2) is 8.22. The quantitative estimate of drug-likeness (QED) is 0.554. The number of hydrogen-bond donors (Lipinski definition) is 1. The lowest BCUT2D eigenvalue weighted by Gasteiger charge is -2.30. The number of Topliss-reactive ketones (excluding diaryl/α,β-unsaturated/α-hetero) is 1. The summed E-state index contributed by atoms with van der Waals surface area (Å²) in [4.78, 5) is 17.4. The van der Waals surface area contributed by atoms with E-state index in [1.54, 1.807) is 14.0 Å². The van der Waals surface area contributed by atoms with E-state index >= 15 is 0 Å². The number of allylic oxidation sites excluding steroid dienone is 2. The molecule has 4 rings (SSSR count). The fourth-order valence-electron chi connectivity index (χ4n) is 4.04. The van der Waals surface area contributed by atoms with Crippen LogP contribution in [0.2, 0.25) is 0 Å². The topological polar surface area (TPSA) is 65.4 Å². The van der Waals surface area contributed by atoms with Gasteiger partial charge in [0.15, 0.2) is 17.3 Å². The Bertz CT molecular complexity index is 1130. The van der Waals surface area contributed by atoms with Crippen molar-refractivity contribution in [1.29, 1.82) is 0 Å². The highest BCUT2D eigenvalue weighted by atomic mass is 16.5. The molecule has 6 nitrogen and oxygen atoms in total. The van der Waals surface area contributed by atoms with Crippen LogP contribution in [0.3, 0.4) is 0 Å². The molecule has 0 saturated heterocycles. The highest BCUT2D eigenvalue weighted by molar-refractivity contribution is 5.97. The van der Waals surface area contributed by atoms with E-state index in [9.17, 15) is 4.79 Å². The second-order valence-electron chi connectivity index (χ2n) is 7.53. The summed E-state index contributed by atoms with van der Waals surface area (Å²) in [7, 11) is 1.64. The van der Waals surface area contributed by atoms with Gasteiger partial charge < -0.3 is 14.8 Å². The van der Waals surface area contributed by atoms with Gasteiger partial charge in [0, 0.05) is 11.3 Å². The molecule has 0 fully saturated rings. The van der Waals surface area contributed by atoms with E-state index in [4.69, 9.17) is 14.5 Å². The van der Waals surface area contributed by atoms with Gasteiger partial charge in [-0.3, -0.25) is 9.36 Å². The molecule has 1 aliphatic heterocycles. The van der Waals surface area contributed by atoms with Crippen LogP contribution in [0, 0.1) is 0 Å². The number of carbonyl (C=O) groups excluding carboxylic acids is 1. The van der Waals surface area contributed by atoms with Gasteiger partial charge in [0.25, 0.3) is 0 Å². The molecule has 0 bridgehead atoms. The van der Waals surface area contributed by atoms with Gasteiger partial charge in [-0.05, 0) is 50.1 Å². The fraction of sp³-hybridized carbons (Fsp3) is 0.333. The predicted octanol–water partition coefficient (Wildman–Crippen LogP) is 5.10. The molecule has 0 aliphatic carbocycles. The van der Waals surface area contributed by atoms with Crippen LogP contribution in [0.1, 0.15) is 45.2 Å². The molecule has 0 unspecified atom stereocenters. The number of unbranched alkanes of at least 4 members (excludes halogenated alkanes) is 1. The Morgan fingerprint density at radius 1 is 1.20 bits per heavy atom. The number of para-hydroxylation sites is 2. The lowest BCUT2D eigenvalue weighted by molar-refractivity contribution is -0.114. The van der Waals surface area contributed by atoms with E-state index in [1.165, 1.54) is 0 Å². The van der Waals surface area contributed by atoms with Crippen LogP contribution in [0.15, 0.2) is 53.7 Å². The maximum absolute atomic E-state index is 12.7. The first-order valence-corrected chi connectivity index (χ1v) is 10.3. The molecular formula is C24H27N3O3. The van der Waals surface area contributed by atoms with E-state index in [1.807, 2.05) is 49.4 Å². The molecule has 1 N–H and O–H groups in total. The molecule has 156 valence electrons. The number of nitrogens with one attached hydrogen (secondary N) is 1. The molecule has 0 saturated carbocycles. The number of fused-ring (bicyclic) bond motifs is 3. The zero-order chi connectivity index (χ0) is 21.3. The zero-order valence-corrected chi connectivity index (χ0v) is 17.9.